The number of carbonyl (C=O) groups is 3. The number of H-pyrrole nitrogens is 1. The van der Waals surface area contributed by atoms with Gasteiger partial charge in [0.2, 0.25) is 11.8 Å². The van der Waals surface area contributed by atoms with E-state index in [1.54, 1.807) is 36.4 Å². The molecule has 0 aliphatic carbocycles. The highest BCUT2D eigenvalue weighted by molar-refractivity contribution is 6.09. The van der Waals surface area contributed by atoms with Gasteiger partial charge in [0.25, 0.3) is 5.91 Å². The molecule has 7 nitrogen and oxygen atoms in total. The molecule has 0 radical (unpaired) electrons. The van der Waals surface area contributed by atoms with Crippen LogP contribution in [0.15, 0.2) is 79.0 Å². The number of halogens is 1. The first-order chi connectivity index (χ1) is 17.5. The van der Waals surface area contributed by atoms with Gasteiger partial charge in [0.15, 0.2) is 0 Å². The summed E-state index contributed by atoms with van der Waals surface area (Å²) in [7, 11) is 0. The van der Waals surface area contributed by atoms with Crippen molar-refractivity contribution in [3.8, 4) is 0 Å². The molecule has 1 aliphatic heterocycles. The summed E-state index contributed by atoms with van der Waals surface area (Å²) in [5.74, 6) is -1.49. The maximum absolute atomic E-state index is 13.6. The maximum atomic E-state index is 13.6. The molecule has 182 valence electrons. The van der Waals surface area contributed by atoms with Gasteiger partial charge in [0, 0.05) is 36.0 Å². The largest absolute Gasteiger partial charge is 0.361 e. The Labute approximate surface area is 207 Å². The number of fused-ring (bicyclic) bond motifs is 2. The molecule has 3 aromatic carbocycles. The monoisotopic (exact) mass is 484 g/mol. The molecule has 0 fully saturated rings. The standard InChI is InChI=1S/C28H25FN4O3/c29-18-11-9-17(10-12-18)21(22-16-30-23-7-3-1-5-19(22)23)15-31-26(34)14-13-25-28(36)32-24-8-4-2-6-20(24)27(35)33-25/h1-12,16,21,25,30H,13-15H2,(H,31,34)(H,32,36)(H,33,35)/t21-,25-/m0/s1. The Morgan fingerprint density at radius 3 is 2.56 bits per heavy atom. The molecule has 1 aliphatic rings. The predicted molar refractivity (Wildman–Crippen MR) is 135 cm³/mol. The molecule has 1 aromatic heterocycles. The van der Waals surface area contributed by atoms with Crippen LogP contribution in [0.5, 0.6) is 0 Å². The number of hydrogen-bond acceptors (Lipinski definition) is 3. The number of para-hydroxylation sites is 2. The van der Waals surface area contributed by atoms with Crippen LogP contribution in [0.25, 0.3) is 10.9 Å². The average molecular weight is 485 g/mol. The van der Waals surface area contributed by atoms with Gasteiger partial charge in [-0.3, -0.25) is 14.4 Å². The van der Waals surface area contributed by atoms with Crippen molar-refractivity contribution < 1.29 is 18.8 Å². The number of amides is 3. The highest BCUT2D eigenvalue weighted by Gasteiger charge is 2.28. The fourth-order valence-electron chi connectivity index (χ4n) is 4.58. The van der Waals surface area contributed by atoms with E-state index in [0.717, 1.165) is 22.0 Å². The van der Waals surface area contributed by atoms with Crippen molar-refractivity contribution in [2.45, 2.75) is 24.8 Å². The van der Waals surface area contributed by atoms with Gasteiger partial charge in [0.05, 0.1) is 11.3 Å². The SMILES string of the molecule is O=C(CC[C@@H]1NC(=O)c2ccccc2NC1=O)NC[C@@H](c1ccc(F)cc1)c1c[nH]c2ccccc12. The molecular weight excluding hydrogens is 459 g/mol. The van der Waals surface area contributed by atoms with Crippen LogP contribution in [0, 0.1) is 5.82 Å². The van der Waals surface area contributed by atoms with E-state index in [-0.39, 0.29) is 42.3 Å². The lowest BCUT2D eigenvalue weighted by molar-refractivity contribution is -0.121. The highest BCUT2D eigenvalue weighted by atomic mass is 19.1. The van der Waals surface area contributed by atoms with Gasteiger partial charge in [0.1, 0.15) is 11.9 Å². The molecule has 2 atom stereocenters. The first-order valence-electron chi connectivity index (χ1n) is 11.8. The number of aromatic amines is 1. The minimum absolute atomic E-state index is 0.0543. The van der Waals surface area contributed by atoms with E-state index >= 15 is 0 Å². The van der Waals surface area contributed by atoms with Crippen molar-refractivity contribution in [2.75, 3.05) is 11.9 Å². The van der Waals surface area contributed by atoms with Gasteiger partial charge < -0.3 is 20.9 Å². The number of aromatic nitrogens is 1. The Kier molecular flexibility index (Phi) is 6.49. The zero-order valence-electron chi connectivity index (χ0n) is 19.4. The number of hydrogen-bond donors (Lipinski definition) is 4. The van der Waals surface area contributed by atoms with Crippen molar-refractivity contribution in [3.05, 3.63) is 102 Å². The van der Waals surface area contributed by atoms with Crippen LogP contribution in [0.1, 0.15) is 40.2 Å². The molecule has 0 saturated carbocycles. The Morgan fingerprint density at radius 1 is 0.972 bits per heavy atom. The van der Waals surface area contributed by atoms with Crippen LogP contribution < -0.4 is 16.0 Å². The van der Waals surface area contributed by atoms with Crippen LogP contribution in [0.2, 0.25) is 0 Å². The van der Waals surface area contributed by atoms with Gasteiger partial charge in [-0.25, -0.2) is 4.39 Å². The first kappa shape index (κ1) is 23.3. The van der Waals surface area contributed by atoms with E-state index in [9.17, 15) is 18.8 Å². The first-order valence-corrected chi connectivity index (χ1v) is 11.8. The summed E-state index contributed by atoms with van der Waals surface area (Å²) in [5.41, 5.74) is 3.67. The summed E-state index contributed by atoms with van der Waals surface area (Å²) < 4.78 is 13.6. The second kappa shape index (κ2) is 10.0. The van der Waals surface area contributed by atoms with Gasteiger partial charge in [-0.2, -0.15) is 0 Å². The van der Waals surface area contributed by atoms with Crippen molar-refractivity contribution in [2.24, 2.45) is 0 Å². The average Bonchev–Trinajstić information content (AvgIpc) is 3.26. The zero-order chi connectivity index (χ0) is 25.1. The van der Waals surface area contributed by atoms with Crippen molar-refractivity contribution in [1.82, 2.24) is 15.6 Å². The number of anilines is 1. The second-order valence-corrected chi connectivity index (χ2v) is 8.80. The number of carbonyl (C=O) groups excluding carboxylic acids is 3. The van der Waals surface area contributed by atoms with Crippen LogP contribution in [0.3, 0.4) is 0 Å². The quantitative estimate of drug-likeness (QED) is 0.318. The predicted octanol–water partition coefficient (Wildman–Crippen LogP) is 4.09. The van der Waals surface area contributed by atoms with E-state index in [1.807, 2.05) is 30.5 Å². The smallest absolute Gasteiger partial charge is 0.254 e. The normalized spacial score (nSPS) is 16.0. The molecule has 4 N–H and O–H groups in total. The Bertz CT molecular complexity index is 1430. The molecule has 5 rings (SSSR count). The molecule has 36 heavy (non-hydrogen) atoms. The van der Waals surface area contributed by atoms with Crippen LogP contribution >= 0.6 is 0 Å². The van der Waals surface area contributed by atoms with Gasteiger partial charge in [-0.05, 0) is 47.9 Å². The number of nitrogens with one attached hydrogen (secondary N) is 4. The minimum Gasteiger partial charge on any atom is -0.361 e. The topological polar surface area (TPSA) is 103 Å². The summed E-state index contributed by atoms with van der Waals surface area (Å²) in [6.07, 6.45) is 2.12. The van der Waals surface area contributed by atoms with Crippen LogP contribution in [0.4, 0.5) is 10.1 Å². The van der Waals surface area contributed by atoms with Crippen molar-refractivity contribution >= 4 is 34.3 Å². The van der Waals surface area contributed by atoms with Crippen LogP contribution in [-0.2, 0) is 9.59 Å². The highest BCUT2D eigenvalue weighted by Crippen LogP contribution is 2.30. The lowest BCUT2D eigenvalue weighted by Gasteiger charge is -2.19. The summed E-state index contributed by atoms with van der Waals surface area (Å²) in [5, 5.41) is 9.44. The number of rotatable bonds is 7. The summed E-state index contributed by atoms with van der Waals surface area (Å²) in [6.45, 7) is 0.293. The Balaban J connectivity index is 1.26. The van der Waals surface area contributed by atoms with Crippen molar-refractivity contribution in [1.29, 1.82) is 0 Å². The molecule has 0 bridgehead atoms. The van der Waals surface area contributed by atoms with Crippen LogP contribution in [-0.4, -0.2) is 35.3 Å². The maximum Gasteiger partial charge on any atom is 0.254 e. The molecular formula is C28H25FN4O3. The van der Waals surface area contributed by atoms with E-state index in [0.29, 0.717) is 17.8 Å². The van der Waals surface area contributed by atoms with E-state index < -0.39 is 6.04 Å². The Morgan fingerprint density at radius 2 is 1.72 bits per heavy atom. The van der Waals surface area contributed by atoms with Gasteiger partial charge in [-0.15, -0.1) is 0 Å². The van der Waals surface area contributed by atoms with Crippen molar-refractivity contribution in [3.63, 3.8) is 0 Å². The summed E-state index contributed by atoms with van der Waals surface area (Å²) in [6, 6.07) is 20.1. The molecule has 0 saturated heterocycles. The Hall–Kier alpha value is -4.46. The third kappa shape index (κ3) is 4.84. The molecule has 8 heteroatoms. The molecule has 0 unspecified atom stereocenters. The molecule has 4 aromatic rings. The molecule has 3 amide bonds. The van der Waals surface area contributed by atoms with E-state index in [2.05, 4.69) is 20.9 Å². The zero-order valence-corrected chi connectivity index (χ0v) is 19.4. The minimum atomic E-state index is -0.822. The second-order valence-electron chi connectivity index (χ2n) is 8.80. The third-order valence-corrected chi connectivity index (χ3v) is 6.48. The fourth-order valence-corrected chi connectivity index (χ4v) is 4.58. The van der Waals surface area contributed by atoms with E-state index in [1.165, 1.54) is 12.1 Å². The fraction of sp³-hybridized carbons (Fsp3) is 0.179. The lowest BCUT2D eigenvalue weighted by atomic mass is 9.90. The molecule has 0 spiro atoms. The third-order valence-electron chi connectivity index (χ3n) is 6.48. The van der Waals surface area contributed by atoms with Gasteiger partial charge in [-0.1, -0.05) is 42.5 Å². The number of benzene rings is 3. The van der Waals surface area contributed by atoms with E-state index in [4.69, 9.17) is 0 Å². The lowest BCUT2D eigenvalue weighted by Crippen LogP contribution is -2.42. The summed E-state index contributed by atoms with van der Waals surface area (Å²) in [4.78, 5) is 41.1. The van der Waals surface area contributed by atoms with Gasteiger partial charge >= 0.3 is 0 Å². The molecule has 2 heterocycles. The summed E-state index contributed by atoms with van der Waals surface area (Å²) >= 11 is 0.